The normalized spacial score (nSPS) is 19.4. The summed E-state index contributed by atoms with van der Waals surface area (Å²) >= 11 is 0. The van der Waals surface area contributed by atoms with Crippen LogP contribution >= 0.6 is 0 Å². The molecule has 1 aliphatic rings. The van der Waals surface area contributed by atoms with Crippen molar-refractivity contribution in [2.75, 3.05) is 0 Å². The molecule has 3 nitrogen and oxygen atoms in total. The Labute approximate surface area is 99.8 Å². The van der Waals surface area contributed by atoms with E-state index in [9.17, 15) is 9.18 Å². The minimum atomic E-state index is -0.336. The Kier molecular flexibility index (Phi) is 3.22. The van der Waals surface area contributed by atoms with Gasteiger partial charge in [-0.3, -0.25) is 9.79 Å². The number of nitrogens with zero attached hydrogens (tertiary/aromatic N) is 1. The summed E-state index contributed by atoms with van der Waals surface area (Å²) in [5.74, 6) is 0.357. The second-order valence-electron chi connectivity index (χ2n) is 4.52. The van der Waals surface area contributed by atoms with E-state index in [1.54, 1.807) is 18.2 Å². The minimum Gasteiger partial charge on any atom is -0.312 e. The van der Waals surface area contributed by atoms with Crippen LogP contribution in [0.4, 0.5) is 4.39 Å². The van der Waals surface area contributed by atoms with Crippen molar-refractivity contribution in [1.29, 1.82) is 0 Å². The Morgan fingerprint density at radius 3 is 2.71 bits per heavy atom. The smallest absolute Gasteiger partial charge is 0.250 e. The van der Waals surface area contributed by atoms with Crippen LogP contribution in [-0.4, -0.2) is 17.8 Å². The number of hydrogen-bond donors (Lipinski definition) is 1. The summed E-state index contributed by atoms with van der Waals surface area (Å²) in [6.07, 6.45) is 0.335. The molecule has 1 aromatic rings. The lowest BCUT2D eigenvalue weighted by atomic mass is 10.1. The van der Waals surface area contributed by atoms with Gasteiger partial charge in [-0.2, -0.15) is 0 Å². The predicted octanol–water partition coefficient (Wildman–Crippen LogP) is 1.92. The van der Waals surface area contributed by atoms with E-state index in [2.05, 4.69) is 10.3 Å². The van der Waals surface area contributed by atoms with Crippen molar-refractivity contribution in [2.24, 2.45) is 10.9 Å². The largest absolute Gasteiger partial charge is 0.312 e. The molecule has 0 aromatic heterocycles. The summed E-state index contributed by atoms with van der Waals surface area (Å²) in [5, 5.41) is 2.71. The second-order valence-corrected chi connectivity index (χ2v) is 4.52. The maximum Gasteiger partial charge on any atom is 0.250 e. The van der Waals surface area contributed by atoms with E-state index in [1.807, 2.05) is 13.8 Å². The number of carbonyl (C=O) groups excluding carboxylic acids is 1. The van der Waals surface area contributed by atoms with Crippen molar-refractivity contribution in [2.45, 2.75) is 26.3 Å². The van der Waals surface area contributed by atoms with Crippen LogP contribution in [0.3, 0.4) is 0 Å². The fourth-order valence-electron chi connectivity index (χ4n) is 1.84. The van der Waals surface area contributed by atoms with Gasteiger partial charge in [0.15, 0.2) is 0 Å². The number of halogens is 1. The van der Waals surface area contributed by atoms with Crippen LogP contribution < -0.4 is 5.32 Å². The van der Waals surface area contributed by atoms with Gasteiger partial charge >= 0.3 is 0 Å². The summed E-state index contributed by atoms with van der Waals surface area (Å²) in [5.41, 5.74) is 0.552. The van der Waals surface area contributed by atoms with E-state index in [0.29, 0.717) is 17.8 Å². The number of amidine groups is 1. The van der Waals surface area contributed by atoms with Gasteiger partial charge in [0.2, 0.25) is 5.91 Å². The van der Waals surface area contributed by atoms with Crippen molar-refractivity contribution in [1.82, 2.24) is 5.32 Å². The van der Waals surface area contributed by atoms with Gasteiger partial charge in [-0.05, 0) is 17.5 Å². The highest BCUT2D eigenvalue weighted by Gasteiger charge is 2.28. The number of hydrogen-bond acceptors (Lipinski definition) is 2. The van der Waals surface area contributed by atoms with E-state index in [-0.39, 0.29) is 23.7 Å². The Balaban J connectivity index is 2.14. The first-order chi connectivity index (χ1) is 8.08. The fraction of sp³-hybridized carbons (Fsp3) is 0.385. The zero-order chi connectivity index (χ0) is 12.4. The molecule has 17 heavy (non-hydrogen) atoms. The molecule has 4 heteroatoms. The number of carbonyl (C=O) groups is 1. The molecule has 1 atom stereocenters. The van der Waals surface area contributed by atoms with Crippen LogP contribution in [0.25, 0.3) is 0 Å². The van der Waals surface area contributed by atoms with E-state index >= 15 is 0 Å². The predicted molar refractivity (Wildman–Crippen MR) is 64.3 cm³/mol. The highest BCUT2D eigenvalue weighted by Crippen LogP contribution is 2.14. The van der Waals surface area contributed by atoms with Gasteiger partial charge in [0.05, 0.1) is 0 Å². The molecule has 1 aromatic carbocycles. The van der Waals surface area contributed by atoms with Crippen LogP contribution in [0.15, 0.2) is 29.3 Å². The zero-order valence-electron chi connectivity index (χ0n) is 9.90. The minimum absolute atomic E-state index is 0.0914. The first kappa shape index (κ1) is 11.8. The third-order valence-electron chi connectivity index (χ3n) is 2.78. The molecule has 1 aliphatic heterocycles. The number of rotatable bonds is 3. The zero-order valence-corrected chi connectivity index (χ0v) is 9.90. The van der Waals surface area contributed by atoms with Crippen molar-refractivity contribution in [3.63, 3.8) is 0 Å². The first-order valence-electron chi connectivity index (χ1n) is 5.69. The molecular weight excluding hydrogens is 219 g/mol. The molecule has 0 radical (unpaired) electrons. The molecule has 1 unspecified atom stereocenters. The van der Waals surface area contributed by atoms with Crippen LogP contribution in [0.5, 0.6) is 0 Å². The molecule has 0 saturated carbocycles. The van der Waals surface area contributed by atoms with E-state index < -0.39 is 0 Å². The highest BCUT2D eigenvalue weighted by atomic mass is 19.1. The molecule has 2 rings (SSSR count). The molecule has 0 spiro atoms. The van der Waals surface area contributed by atoms with Crippen LogP contribution in [0.2, 0.25) is 0 Å². The standard InChI is InChI=1S/C13H15FN2O/c1-8(2)12-13(17)16-11(15-12)7-9-5-3-4-6-10(9)14/h3-6,8,12H,7H2,1-2H3,(H,15,16,17). The average molecular weight is 234 g/mol. The Hall–Kier alpha value is -1.71. The van der Waals surface area contributed by atoms with Crippen molar-refractivity contribution < 1.29 is 9.18 Å². The van der Waals surface area contributed by atoms with Gasteiger partial charge in [-0.1, -0.05) is 32.0 Å². The van der Waals surface area contributed by atoms with E-state index in [0.717, 1.165) is 0 Å². The van der Waals surface area contributed by atoms with Crippen molar-refractivity contribution in [3.8, 4) is 0 Å². The SMILES string of the molecule is CC(C)C1N=C(Cc2ccccc2F)NC1=O. The highest BCUT2D eigenvalue weighted by molar-refractivity contribution is 6.06. The maximum atomic E-state index is 13.4. The number of nitrogens with one attached hydrogen (secondary N) is 1. The molecule has 0 bridgehead atoms. The topological polar surface area (TPSA) is 41.5 Å². The molecule has 1 N–H and O–H groups in total. The van der Waals surface area contributed by atoms with Crippen molar-refractivity contribution in [3.05, 3.63) is 35.6 Å². The maximum absolute atomic E-state index is 13.4. The van der Waals surface area contributed by atoms with Gasteiger partial charge in [-0.15, -0.1) is 0 Å². The summed E-state index contributed by atoms with van der Waals surface area (Å²) < 4.78 is 13.4. The second kappa shape index (κ2) is 4.65. The number of aliphatic imine (C=N–C) groups is 1. The molecule has 0 saturated heterocycles. The molecule has 1 heterocycles. The molecule has 0 aliphatic carbocycles. The van der Waals surface area contributed by atoms with Gasteiger partial charge in [0.1, 0.15) is 17.7 Å². The molecular formula is C13H15FN2O. The van der Waals surface area contributed by atoms with E-state index in [4.69, 9.17) is 0 Å². The molecule has 0 fully saturated rings. The summed E-state index contributed by atoms with van der Waals surface area (Å²) in [4.78, 5) is 15.9. The lowest BCUT2D eigenvalue weighted by molar-refractivity contribution is -0.120. The first-order valence-corrected chi connectivity index (χ1v) is 5.69. The lowest BCUT2D eigenvalue weighted by Gasteiger charge is -2.06. The van der Waals surface area contributed by atoms with Crippen LogP contribution in [0, 0.1) is 11.7 Å². The third kappa shape index (κ3) is 2.52. The number of amides is 1. The van der Waals surface area contributed by atoms with Gasteiger partial charge in [-0.25, -0.2) is 4.39 Å². The molecule has 90 valence electrons. The average Bonchev–Trinajstić information content (AvgIpc) is 2.63. The third-order valence-corrected chi connectivity index (χ3v) is 2.78. The van der Waals surface area contributed by atoms with Crippen LogP contribution in [-0.2, 0) is 11.2 Å². The fourth-order valence-corrected chi connectivity index (χ4v) is 1.84. The Morgan fingerprint density at radius 2 is 2.12 bits per heavy atom. The van der Waals surface area contributed by atoms with E-state index in [1.165, 1.54) is 6.07 Å². The molecule has 1 amide bonds. The Morgan fingerprint density at radius 1 is 1.41 bits per heavy atom. The van der Waals surface area contributed by atoms with Crippen molar-refractivity contribution >= 4 is 11.7 Å². The van der Waals surface area contributed by atoms with Crippen LogP contribution in [0.1, 0.15) is 19.4 Å². The number of benzene rings is 1. The summed E-state index contributed by atoms with van der Waals surface area (Å²) in [6.45, 7) is 3.89. The monoisotopic (exact) mass is 234 g/mol. The summed E-state index contributed by atoms with van der Waals surface area (Å²) in [6, 6.07) is 6.19. The quantitative estimate of drug-likeness (QED) is 0.853. The Bertz CT molecular complexity index is 468. The summed E-state index contributed by atoms with van der Waals surface area (Å²) in [7, 11) is 0. The van der Waals surface area contributed by atoms with Gasteiger partial charge in [0.25, 0.3) is 0 Å². The van der Waals surface area contributed by atoms with Gasteiger partial charge in [0, 0.05) is 6.42 Å². The lowest BCUT2D eigenvalue weighted by Crippen LogP contribution is -2.31. The van der Waals surface area contributed by atoms with Gasteiger partial charge < -0.3 is 5.32 Å².